The molecule has 0 amide bonds. The van der Waals surface area contributed by atoms with Crippen LogP contribution in [-0.2, 0) is 26.3 Å². The first kappa shape index (κ1) is 51.3. The number of nitrogens with zero attached hydrogens (tertiary/aromatic N) is 2. The second-order valence-corrected chi connectivity index (χ2v) is 33.0. The summed E-state index contributed by atoms with van der Waals surface area (Å²) < 4.78 is 15.1. The molecular weight excluding hydrogens is 1020 g/mol. The van der Waals surface area contributed by atoms with Crippen molar-refractivity contribution >= 4 is 11.9 Å². The molecule has 1 aromatic carbocycles. The third kappa shape index (κ3) is 6.04. The summed E-state index contributed by atoms with van der Waals surface area (Å²) in [5.74, 6) is 12.7. The molecule has 7 aliphatic heterocycles. The summed E-state index contributed by atoms with van der Waals surface area (Å²) in [4.78, 5) is 38.9. The van der Waals surface area contributed by atoms with Crippen molar-refractivity contribution in [3.63, 3.8) is 0 Å². The number of carbonyl (C=O) groups is 2. The molecule has 19 atom stereocenters. The predicted octanol–water partition coefficient (Wildman–Crippen LogP) is 14.7. The first-order valence-electron chi connectivity index (χ1n) is 35.4. The molecule has 18 aliphatic rings. The minimum atomic E-state index is -1.17. The molecule has 0 aromatic heterocycles. The number of piperidine rings is 2. The van der Waals surface area contributed by atoms with E-state index in [0.29, 0.717) is 113 Å². The number of hydrogen-bond donors (Lipinski definition) is 2. The van der Waals surface area contributed by atoms with Crippen molar-refractivity contribution < 1.29 is 24.2 Å². The molecule has 7 heterocycles. The average Bonchev–Trinajstić information content (AvgIpc) is 1.55. The lowest BCUT2D eigenvalue weighted by molar-refractivity contribution is -0.282. The van der Waals surface area contributed by atoms with Gasteiger partial charge in [0, 0.05) is 73.1 Å². The van der Waals surface area contributed by atoms with Crippen LogP contribution in [0.15, 0.2) is 64.3 Å². The summed E-state index contributed by atoms with van der Waals surface area (Å²) >= 11 is 0. The molecule has 440 valence electrons. The van der Waals surface area contributed by atoms with Crippen molar-refractivity contribution in [3.05, 3.63) is 81.0 Å². The van der Waals surface area contributed by atoms with E-state index in [-0.39, 0.29) is 47.1 Å². The molecule has 3 N–H and O–H groups in total. The maximum absolute atomic E-state index is 17.1. The molecule has 3 saturated heterocycles. The van der Waals surface area contributed by atoms with Gasteiger partial charge in [0.1, 0.15) is 11.2 Å². The van der Waals surface area contributed by atoms with E-state index in [1.807, 2.05) is 0 Å². The maximum Gasteiger partial charge on any atom is 0.339 e. The Morgan fingerprint density at radius 2 is 1.61 bits per heavy atom. The highest BCUT2D eigenvalue weighted by atomic mass is 16.6. The van der Waals surface area contributed by atoms with Gasteiger partial charge in [0.2, 0.25) is 0 Å². The van der Waals surface area contributed by atoms with E-state index in [0.717, 1.165) is 56.3 Å². The van der Waals surface area contributed by atoms with E-state index < -0.39 is 16.4 Å². The fourth-order valence-electron chi connectivity index (χ4n) is 28.7. The van der Waals surface area contributed by atoms with Gasteiger partial charge in [-0.25, -0.2) is 4.79 Å². The topological polar surface area (TPSA) is 105 Å². The van der Waals surface area contributed by atoms with E-state index in [2.05, 4.69) is 58.9 Å². The number of benzene rings is 1. The Hall–Kier alpha value is -3.80. The SMILES string of the molecule is CC1CC2=C3C4C5=C6C(C=CC(C7CCCC8(CCCC8)C7)CC7C68C(=O)OC(=C(O)CC6C9CC%10(CCCC%10)C%10(CCCC%10%11CCCC%11C#CCC%10C%11CC(CN%106)C(CC2)N3C%11)C9)C8(CC5)C72OC(=O)c3c(CCCN)cccc32)CC14. The number of fused-ring (bicyclic) bond motifs is 8. The van der Waals surface area contributed by atoms with Crippen LogP contribution in [-0.4, -0.2) is 64.6 Å². The number of allylic oxidation sites excluding steroid dienone is 4. The summed E-state index contributed by atoms with van der Waals surface area (Å²) in [7, 11) is 0. The highest BCUT2D eigenvalue weighted by Gasteiger charge is 2.94. The fourth-order valence-corrected chi connectivity index (χ4v) is 28.7. The highest BCUT2D eigenvalue weighted by Crippen LogP contribution is 2.89. The molecule has 11 aliphatic carbocycles. The van der Waals surface area contributed by atoms with Crippen LogP contribution in [0.5, 0.6) is 0 Å². The van der Waals surface area contributed by atoms with Gasteiger partial charge in [0.15, 0.2) is 11.4 Å². The summed E-state index contributed by atoms with van der Waals surface area (Å²) in [6.07, 6.45) is 43.0. The number of aryl methyl sites for hydroxylation is 1. The molecule has 1 aromatic rings. The molecule has 8 nitrogen and oxygen atoms in total. The molecule has 83 heavy (non-hydrogen) atoms. The normalized spacial score (nSPS) is 48.4. The van der Waals surface area contributed by atoms with Gasteiger partial charge in [-0.15, -0.1) is 5.92 Å². The molecule has 8 heteroatoms. The first-order chi connectivity index (χ1) is 40.5. The minimum Gasteiger partial charge on any atom is -0.509 e. The van der Waals surface area contributed by atoms with Gasteiger partial charge in [-0.3, -0.25) is 9.69 Å². The van der Waals surface area contributed by atoms with Crippen molar-refractivity contribution in [1.29, 1.82) is 0 Å². The van der Waals surface area contributed by atoms with Gasteiger partial charge in [-0.05, 0) is 234 Å². The Bertz CT molecular complexity index is 3210. The van der Waals surface area contributed by atoms with Gasteiger partial charge in [-0.2, -0.15) is 0 Å². The van der Waals surface area contributed by atoms with Crippen molar-refractivity contribution in [2.45, 2.75) is 236 Å². The quantitative estimate of drug-likeness (QED) is 0.175. The number of aliphatic hydroxyl groups is 1. The molecule has 7 spiro atoms. The zero-order chi connectivity index (χ0) is 55.2. The van der Waals surface area contributed by atoms with E-state index in [1.54, 1.807) is 16.8 Å². The summed E-state index contributed by atoms with van der Waals surface area (Å²) in [5.41, 5.74) is 13.3. The van der Waals surface area contributed by atoms with Crippen LogP contribution in [0.3, 0.4) is 0 Å². The maximum atomic E-state index is 17.1. The lowest BCUT2D eigenvalue weighted by atomic mass is 9.27. The van der Waals surface area contributed by atoms with Crippen LogP contribution < -0.4 is 5.73 Å². The Kier molecular flexibility index (Phi) is 10.8. The van der Waals surface area contributed by atoms with Crippen molar-refractivity contribution in [2.24, 2.45) is 103 Å². The number of aliphatic hydroxyl groups excluding tert-OH is 1. The van der Waals surface area contributed by atoms with E-state index >= 15 is 9.59 Å². The number of nitrogens with two attached hydrogens (primary N) is 1. The second kappa shape index (κ2) is 17.5. The van der Waals surface area contributed by atoms with Crippen LogP contribution in [0.4, 0.5) is 0 Å². The molecule has 19 unspecified atom stereocenters. The highest BCUT2D eigenvalue weighted by molar-refractivity contribution is 6.00. The van der Waals surface area contributed by atoms with E-state index in [4.69, 9.17) is 15.2 Å². The summed E-state index contributed by atoms with van der Waals surface area (Å²) in [5, 5.41) is 14.4. The van der Waals surface area contributed by atoms with Crippen LogP contribution in [0.1, 0.15) is 227 Å². The van der Waals surface area contributed by atoms with Crippen LogP contribution in [0, 0.1) is 109 Å². The number of hydrogen-bond acceptors (Lipinski definition) is 8. The molecule has 10 bridgehead atoms. The zero-order valence-electron chi connectivity index (χ0n) is 50.3. The third-order valence-electron chi connectivity index (χ3n) is 30.9. The van der Waals surface area contributed by atoms with E-state index in [9.17, 15) is 5.11 Å². The standard InChI is InChI=1S/C75H95N3O5/c1-44-34-48-21-22-58-50-35-51-43-78(58)65(48)63-54-23-32-73-66(60(79)38-59-52-40-70(27-4-5-28-70)72(41-52)31-11-30-71(72)29-9-16-53(71)15-7-18-57(51)77(59)42-50)82-68(81)74(73)61(75(73)56-17-6-12-45(14-10-33-76)62(56)67(80)83-75)37-46(19-20-47(64(54)74)36-55(44)63)49-13-8-26-69(39-49)24-2-3-25-69/h6,12,17,19-20,44,46-47,49-53,55,57-59,61,63,79H,2-5,8-11,13-14,16,18,21-43,76H2,1H3. The Labute approximate surface area is 495 Å². The van der Waals surface area contributed by atoms with Crippen LogP contribution >= 0.6 is 0 Å². The molecule has 10 fully saturated rings. The third-order valence-corrected chi connectivity index (χ3v) is 30.9. The number of ether oxygens (including phenoxy) is 2. The van der Waals surface area contributed by atoms with Gasteiger partial charge in [0.25, 0.3) is 0 Å². The van der Waals surface area contributed by atoms with Gasteiger partial charge >= 0.3 is 11.9 Å². The van der Waals surface area contributed by atoms with E-state index in [1.165, 1.54) is 160 Å². The van der Waals surface area contributed by atoms with Crippen LogP contribution in [0.25, 0.3) is 0 Å². The molecule has 7 saturated carbocycles. The summed E-state index contributed by atoms with van der Waals surface area (Å²) in [6, 6.07) is 7.49. The Morgan fingerprint density at radius 3 is 2.49 bits per heavy atom. The predicted molar refractivity (Wildman–Crippen MR) is 320 cm³/mol. The monoisotopic (exact) mass is 1120 g/mol. The number of carbonyl (C=O) groups excluding carboxylic acids is 2. The Balaban J connectivity index is 0.873. The molecule has 0 radical (unpaired) electrons. The average molecular weight is 1120 g/mol. The number of rotatable bonds is 4. The lowest BCUT2D eigenvalue weighted by Crippen LogP contribution is -2.78. The fraction of sp³-hybridized carbons (Fsp3) is 0.760. The van der Waals surface area contributed by atoms with Crippen molar-refractivity contribution in [1.82, 2.24) is 9.80 Å². The lowest BCUT2D eigenvalue weighted by Gasteiger charge is -2.73. The van der Waals surface area contributed by atoms with Crippen LogP contribution in [0.2, 0.25) is 0 Å². The zero-order valence-corrected chi connectivity index (χ0v) is 50.3. The van der Waals surface area contributed by atoms with Crippen molar-refractivity contribution in [3.8, 4) is 11.8 Å². The number of esters is 2. The van der Waals surface area contributed by atoms with Gasteiger partial charge < -0.3 is 25.2 Å². The van der Waals surface area contributed by atoms with Crippen molar-refractivity contribution in [2.75, 3.05) is 19.6 Å². The largest absolute Gasteiger partial charge is 0.509 e. The Morgan fingerprint density at radius 1 is 0.783 bits per heavy atom. The molecule has 19 rings (SSSR count). The second-order valence-electron chi connectivity index (χ2n) is 33.0. The van der Waals surface area contributed by atoms with Gasteiger partial charge in [0.05, 0.1) is 11.0 Å². The smallest absolute Gasteiger partial charge is 0.339 e. The van der Waals surface area contributed by atoms with Gasteiger partial charge in [-0.1, -0.05) is 99.3 Å². The summed E-state index contributed by atoms with van der Waals surface area (Å²) in [6.45, 7) is 5.33. The first-order valence-corrected chi connectivity index (χ1v) is 35.4. The minimum absolute atomic E-state index is 0.0866. The molecular formula is C75H95N3O5.